The summed E-state index contributed by atoms with van der Waals surface area (Å²) in [5.74, 6) is -2.14. The highest BCUT2D eigenvalue weighted by molar-refractivity contribution is 6.39. The number of fused-ring (bicyclic) bond motifs is 1. The molecule has 3 amide bonds. The molecule has 3 aromatic rings. The Morgan fingerprint density at radius 2 is 1.97 bits per heavy atom. The number of primary amides is 1. The first-order chi connectivity index (χ1) is 15.5. The molecular weight excluding hydrogens is 410 g/mol. The molecule has 2 aromatic heterocycles. The summed E-state index contributed by atoms with van der Waals surface area (Å²) in [7, 11) is 1.36. The Hall–Kier alpha value is -4.01. The summed E-state index contributed by atoms with van der Waals surface area (Å²) >= 11 is 0. The van der Waals surface area contributed by atoms with Gasteiger partial charge >= 0.3 is 11.8 Å². The maximum Gasteiger partial charge on any atom is 0.313 e. The largest absolute Gasteiger partial charge is 0.480 e. The van der Waals surface area contributed by atoms with Crippen molar-refractivity contribution < 1.29 is 19.1 Å². The van der Waals surface area contributed by atoms with Crippen LogP contribution >= 0.6 is 0 Å². The van der Waals surface area contributed by atoms with Crippen molar-refractivity contribution >= 4 is 34.2 Å². The van der Waals surface area contributed by atoms with Crippen molar-refractivity contribution in [2.75, 3.05) is 19.0 Å². The summed E-state index contributed by atoms with van der Waals surface area (Å²) in [6.45, 7) is 0.485. The van der Waals surface area contributed by atoms with Gasteiger partial charge in [0.1, 0.15) is 5.56 Å². The summed E-state index contributed by atoms with van der Waals surface area (Å²) in [5.41, 5.74) is 6.51. The lowest BCUT2D eigenvalue weighted by molar-refractivity contribution is -0.145. The molecule has 1 fully saturated rings. The van der Waals surface area contributed by atoms with Crippen LogP contribution in [0.5, 0.6) is 5.88 Å². The van der Waals surface area contributed by atoms with E-state index in [1.54, 1.807) is 17.3 Å². The van der Waals surface area contributed by atoms with Crippen molar-refractivity contribution in [3.8, 4) is 5.88 Å². The number of carbonyl (C=O) groups is 3. The third-order valence-electron chi connectivity index (χ3n) is 5.58. The van der Waals surface area contributed by atoms with Crippen LogP contribution in [0.1, 0.15) is 41.2 Å². The molecule has 0 saturated carbocycles. The molecule has 4 rings (SSSR count). The van der Waals surface area contributed by atoms with Gasteiger partial charge in [-0.1, -0.05) is 12.1 Å². The Labute approximate surface area is 184 Å². The second-order valence-corrected chi connectivity index (χ2v) is 7.59. The predicted molar refractivity (Wildman–Crippen MR) is 118 cm³/mol. The molecule has 1 aliphatic rings. The van der Waals surface area contributed by atoms with Gasteiger partial charge in [-0.25, -0.2) is 4.98 Å². The van der Waals surface area contributed by atoms with Gasteiger partial charge in [0, 0.05) is 24.3 Å². The first-order valence-electron chi connectivity index (χ1n) is 10.3. The quantitative estimate of drug-likeness (QED) is 0.608. The van der Waals surface area contributed by atoms with E-state index in [0.29, 0.717) is 6.54 Å². The first kappa shape index (κ1) is 21.2. The molecule has 3 heterocycles. The van der Waals surface area contributed by atoms with E-state index < -0.39 is 17.7 Å². The lowest BCUT2D eigenvalue weighted by Gasteiger charge is -2.35. The Morgan fingerprint density at radius 3 is 2.75 bits per heavy atom. The molecule has 0 aliphatic carbocycles. The van der Waals surface area contributed by atoms with Crippen LogP contribution in [0.4, 0.5) is 5.69 Å². The second kappa shape index (κ2) is 9.01. The zero-order valence-electron chi connectivity index (χ0n) is 17.6. The van der Waals surface area contributed by atoms with Crippen LogP contribution in [-0.4, -0.2) is 46.2 Å². The van der Waals surface area contributed by atoms with Crippen LogP contribution in [-0.2, 0) is 9.59 Å². The monoisotopic (exact) mass is 433 g/mol. The standard InChI is InChI=1S/C23H23N5O4/c1-32-22-18(20(24)29)11-17(13-26-22)27-21(30)23(31)28-9-3-2-4-19(28)15-5-6-16-12-25-8-7-14(16)10-15/h5-8,10-13,19H,2-4,9H2,1H3,(H2,24,29)(H,27,30)/t19-/m0/s1. The zero-order chi connectivity index (χ0) is 22.7. The minimum Gasteiger partial charge on any atom is -0.480 e. The van der Waals surface area contributed by atoms with E-state index in [0.717, 1.165) is 35.6 Å². The Kier molecular flexibility index (Phi) is 5.98. The fourth-order valence-electron chi connectivity index (χ4n) is 4.01. The van der Waals surface area contributed by atoms with E-state index in [2.05, 4.69) is 15.3 Å². The van der Waals surface area contributed by atoms with Gasteiger partial charge in [-0.3, -0.25) is 19.4 Å². The maximum atomic E-state index is 13.1. The number of nitrogens with one attached hydrogen (secondary N) is 1. The highest BCUT2D eigenvalue weighted by Crippen LogP contribution is 2.32. The van der Waals surface area contributed by atoms with Gasteiger partial charge in [-0.2, -0.15) is 0 Å². The van der Waals surface area contributed by atoms with Crippen molar-refractivity contribution in [1.82, 2.24) is 14.9 Å². The molecule has 3 N–H and O–H groups in total. The van der Waals surface area contributed by atoms with Crippen molar-refractivity contribution in [3.63, 3.8) is 0 Å². The molecule has 1 aromatic carbocycles. The molecule has 1 atom stereocenters. The number of benzene rings is 1. The molecule has 1 saturated heterocycles. The average molecular weight is 433 g/mol. The number of piperidine rings is 1. The van der Waals surface area contributed by atoms with Gasteiger partial charge in [-0.15, -0.1) is 0 Å². The zero-order valence-corrected chi connectivity index (χ0v) is 17.6. The van der Waals surface area contributed by atoms with Gasteiger partial charge < -0.3 is 20.7 Å². The molecule has 0 spiro atoms. The number of nitrogens with zero attached hydrogens (tertiary/aromatic N) is 3. The summed E-state index contributed by atoms with van der Waals surface area (Å²) < 4.78 is 5.00. The number of hydrogen-bond acceptors (Lipinski definition) is 6. The normalized spacial score (nSPS) is 15.9. The number of carbonyl (C=O) groups excluding carboxylic acids is 3. The minimum atomic E-state index is -0.802. The van der Waals surface area contributed by atoms with Crippen LogP contribution in [0, 0.1) is 0 Å². The summed E-state index contributed by atoms with van der Waals surface area (Å²) in [6.07, 6.45) is 7.39. The predicted octanol–water partition coefficient (Wildman–Crippen LogP) is 2.43. The number of ether oxygens (including phenoxy) is 1. The molecule has 9 heteroatoms. The van der Waals surface area contributed by atoms with E-state index in [1.807, 2.05) is 24.3 Å². The number of amides is 3. The van der Waals surface area contributed by atoms with E-state index >= 15 is 0 Å². The van der Waals surface area contributed by atoms with Crippen LogP contribution in [0.25, 0.3) is 10.8 Å². The molecule has 9 nitrogen and oxygen atoms in total. The van der Waals surface area contributed by atoms with Gasteiger partial charge in [0.05, 0.1) is 25.0 Å². The topological polar surface area (TPSA) is 128 Å². The van der Waals surface area contributed by atoms with Crippen LogP contribution in [0.2, 0.25) is 0 Å². The van der Waals surface area contributed by atoms with E-state index in [-0.39, 0.29) is 23.2 Å². The van der Waals surface area contributed by atoms with Gasteiger partial charge in [-0.05, 0) is 48.4 Å². The number of pyridine rings is 2. The highest BCUT2D eigenvalue weighted by atomic mass is 16.5. The molecule has 0 radical (unpaired) electrons. The van der Waals surface area contributed by atoms with Crippen LogP contribution in [0.3, 0.4) is 0 Å². The number of rotatable bonds is 4. The third-order valence-corrected chi connectivity index (χ3v) is 5.58. The molecule has 0 bridgehead atoms. The van der Waals surface area contributed by atoms with Crippen molar-refractivity contribution in [2.45, 2.75) is 25.3 Å². The van der Waals surface area contributed by atoms with Gasteiger partial charge in [0.2, 0.25) is 5.88 Å². The minimum absolute atomic E-state index is 0.0132. The van der Waals surface area contributed by atoms with Crippen LogP contribution in [0.15, 0.2) is 48.9 Å². The Bertz CT molecular complexity index is 1200. The number of aromatic nitrogens is 2. The highest BCUT2D eigenvalue weighted by Gasteiger charge is 2.32. The Balaban J connectivity index is 1.55. The molecule has 164 valence electrons. The molecule has 32 heavy (non-hydrogen) atoms. The lowest BCUT2D eigenvalue weighted by Crippen LogP contribution is -2.44. The van der Waals surface area contributed by atoms with Gasteiger partial charge in [0.15, 0.2) is 0 Å². The second-order valence-electron chi connectivity index (χ2n) is 7.59. The summed E-state index contributed by atoms with van der Waals surface area (Å²) in [6, 6.07) is 9.05. The number of nitrogens with two attached hydrogens (primary N) is 1. The summed E-state index contributed by atoms with van der Waals surface area (Å²) in [4.78, 5) is 47.1. The van der Waals surface area contributed by atoms with E-state index in [1.165, 1.54) is 19.4 Å². The first-order valence-corrected chi connectivity index (χ1v) is 10.3. The van der Waals surface area contributed by atoms with Gasteiger partial charge in [0.25, 0.3) is 5.91 Å². The van der Waals surface area contributed by atoms with Crippen molar-refractivity contribution in [2.24, 2.45) is 5.73 Å². The fourth-order valence-corrected chi connectivity index (χ4v) is 4.01. The Morgan fingerprint density at radius 1 is 1.12 bits per heavy atom. The van der Waals surface area contributed by atoms with E-state index in [4.69, 9.17) is 10.5 Å². The molecule has 1 aliphatic heterocycles. The van der Waals surface area contributed by atoms with E-state index in [9.17, 15) is 14.4 Å². The van der Waals surface area contributed by atoms with Crippen molar-refractivity contribution in [3.05, 3.63) is 60.0 Å². The average Bonchev–Trinajstić information content (AvgIpc) is 2.83. The van der Waals surface area contributed by atoms with Crippen molar-refractivity contribution in [1.29, 1.82) is 0 Å². The number of likely N-dealkylation sites (tertiary alicyclic amines) is 1. The number of methoxy groups -OCH3 is 1. The summed E-state index contributed by atoms with van der Waals surface area (Å²) in [5, 5.41) is 4.57. The number of anilines is 1. The van der Waals surface area contributed by atoms with Crippen LogP contribution < -0.4 is 15.8 Å². The molecule has 0 unspecified atom stereocenters. The maximum absolute atomic E-state index is 13.1. The third kappa shape index (κ3) is 4.22. The molecular formula is C23H23N5O4. The number of hydrogen-bond donors (Lipinski definition) is 2. The fraction of sp³-hybridized carbons (Fsp3) is 0.261. The lowest BCUT2D eigenvalue weighted by atomic mass is 9.93. The SMILES string of the molecule is COc1ncc(NC(=O)C(=O)N2CCCC[C@H]2c2ccc3cnccc3c2)cc1C(N)=O. The smallest absolute Gasteiger partial charge is 0.313 e.